The lowest BCUT2D eigenvalue weighted by molar-refractivity contribution is 0.756. The Hall–Kier alpha value is -1.12. The van der Waals surface area contributed by atoms with Gasteiger partial charge in [-0.15, -0.1) is 0 Å². The van der Waals surface area contributed by atoms with Crippen molar-refractivity contribution < 1.29 is 0 Å². The molecule has 0 bridgehead atoms. The number of hydrogen-bond donors (Lipinski definition) is 0. The van der Waals surface area contributed by atoms with E-state index in [0.717, 1.165) is 13.1 Å². The first kappa shape index (κ1) is 4.73. The van der Waals surface area contributed by atoms with Crippen LogP contribution in [-0.2, 0) is 13.1 Å². The molecule has 1 aromatic heterocycles. The molecule has 0 aromatic carbocycles. The van der Waals surface area contributed by atoms with Gasteiger partial charge in [0.1, 0.15) is 0 Å². The maximum Gasteiger partial charge on any atom is 0.0952 e. The van der Waals surface area contributed by atoms with Gasteiger partial charge in [0.2, 0.25) is 0 Å². The van der Waals surface area contributed by atoms with E-state index in [0.29, 0.717) is 0 Å². The minimum Gasteiger partial charge on any atom is -0.328 e. The van der Waals surface area contributed by atoms with Crippen LogP contribution < -0.4 is 0 Å². The van der Waals surface area contributed by atoms with E-state index in [4.69, 9.17) is 0 Å². The van der Waals surface area contributed by atoms with E-state index in [9.17, 15) is 0 Å². The van der Waals surface area contributed by atoms with Gasteiger partial charge in [-0.2, -0.15) is 0 Å². The van der Waals surface area contributed by atoms with Crippen molar-refractivity contribution >= 4 is 6.21 Å². The zero-order valence-electron chi connectivity index (χ0n) is 4.99. The van der Waals surface area contributed by atoms with Crippen LogP contribution >= 0.6 is 0 Å². The second-order valence-corrected chi connectivity index (χ2v) is 2.06. The molecular formula is C6H7N3. The van der Waals surface area contributed by atoms with E-state index in [1.165, 1.54) is 5.69 Å². The van der Waals surface area contributed by atoms with Crippen molar-refractivity contribution in [2.24, 2.45) is 4.99 Å². The van der Waals surface area contributed by atoms with Gasteiger partial charge in [0.25, 0.3) is 0 Å². The van der Waals surface area contributed by atoms with Gasteiger partial charge in [0.05, 0.1) is 31.3 Å². The molecule has 0 saturated carbocycles. The van der Waals surface area contributed by atoms with E-state index in [2.05, 4.69) is 14.5 Å². The molecule has 2 rings (SSSR count). The molecule has 0 atom stereocenters. The standard InChI is InChI=1S/C6H7N3/c1-2-9-5-8-4-6(9)3-7-1/h1,4-5H,2-3H2. The van der Waals surface area contributed by atoms with Crippen LogP contribution in [0.1, 0.15) is 5.69 Å². The lowest BCUT2D eigenvalue weighted by Crippen LogP contribution is -2.06. The molecule has 0 N–H and O–H groups in total. The third-order valence-electron chi connectivity index (χ3n) is 1.46. The number of aliphatic imine (C=N–C) groups is 1. The molecule has 1 aromatic rings. The number of nitrogens with zero attached hydrogens (tertiary/aromatic N) is 3. The van der Waals surface area contributed by atoms with Crippen LogP contribution in [0, 0.1) is 0 Å². The average Bonchev–Trinajstić information content (AvgIpc) is 2.33. The van der Waals surface area contributed by atoms with Gasteiger partial charge in [-0.3, -0.25) is 4.99 Å². The minimum absolute atomic E-state index is 0.792. The molecule has 9 heavy (non-hydrogen) atoms. The average molecular weight is 121 g/mol. The topological polar surface area (TPSA) is 30.2 Å². The second kappa shape index (κ2) is 1.69. The third-order valence-corrected chi connectivity index (χ3v) is 1.46. The number of rotatable bonds is 0. The summed E-state index contributed by atoms with van der Waals surface area (Å²) < 4.78 is 2.09. The molecule has 0 fully saturated rings. The predicted molar refractivity (Wildman–Crippen MR) is 34.4 cm³/mol. The summed E-state index contributed by atoms with van der Waals surface area (Å²) in [5.41, 5.74) is 1.21. The largest absolute Gasteiger partial charge is 0.328 e. The fraction of sp³-hybridized carbons (Fsp3) is 0.333. The lowest BCUT2D eigenvalue weighted by atomic mass is 10.4. The zero-order chi connectivity index (χ0) is 6.10. The Bertz CT molecular complexity index is 214. The summed E-state index contributed by atoms with van der Waals surface area (Å²) in [4.78, 5) is 8.09. The fourth-order valence-electron chi connectivity index (χ4n) is 0.948. The summed E-state index contributed by atoms with van der Waals surface area (Å²) >= 11 is 0. The maximum absolute atomic E-state index is 4.10. The Morgan fingerprint density at radius 3 is 3.44 bits per heavy atom. The van der Waals surface area contributed by atoms with Crippen LogP contribution in [0.15, 0.2) is 17.5 Å². The van der Waals surface area contributed by atoms with Gasteiger partial charge < -0.3 is 4.57 Å². The molecule has 0 amide bonds. The smallest absolute Gasteiger partial charge is 0.0952 e. The summed E-state index contributed by atoms with van der Waals surface area (Å²) in [5.74, 6) is 0. The quantitative estimate of drug-likeness (QED) is 0.490. The summed E-state index contributed by atoms with van der Waals surface area (Å²) in [7, 11) is 0. The highest BCUT2D eigenvalue weighted by atomic mass is 15.1. The zero-order valence-corrected chi connectivity index (χ0v) is 4.99. The van der Waals surface area contributed by atoms with Crippen LogP contribution in [0.3, 0.4) is 0 Å². The van der Waals surface area contributed by atoms with Gasteiger partial charge in [-0.25, -0.2) is 4.98 Å². The third kappa shape index (κ3) is 0.650. The number of imidazole rings is 1. The van der Waals surface area contributed by atoms with Crippen molar-refractivity contribution in [1.82, 2.24) is 9.55 Å². The monoisotopic (exact) mass is 121 g/mol. The van der Waals surface area contributed by atoms with E-state index in [-0.39, 0.29) is 0 Å². The van der Waals surface area contributed by atoms with Crippen LogP contribution in [0.2, 0.25) is 0 Å². The summed E-state index contributed by atoms with van der Waals surface area (Å²) in [6.45, 7) is 1.68. The van der Waals surface area contributed by atoms with Gasteiger partial charge in [-0.05, 0) is 0 Å². The molecule has 0 radical (unpaired) electrons. The Morgan fingerprint density at radius 1 is 1.56 bits per heavy atom. The highest BCUT2D eigenvalue weighted by Gasteiger charge is 2.01. The van der Waals surface area contributed by atoms with Crippen molar-refractivity contribution in [3.63, 3.8) is 0 Å². The maximum atomic E-state index is 4.10. The van der Waals surface area contributed by atoms with Gasteiger partial charge >= 0.3 is 0 Å². The highest BCUT2D eigenvalue weighted by Crippen LogP contribution is 2.03. The number of hydrogen-bond acceptors (Lipinski definition) is 2. The summed E-state index contributed by atoms with van der Waals surface area (Å²) in [5, 5.41) is 0. The normalized spacial score (nSPS) is 15.6. The van der Waals surface area contributed by atoms with Gasteiger partial charge in [0, 0.05) is 6.21 Å². The minimum atomic E-state index is 0.792. The first-order valence-electron chi connectivity index (χ1n) is 2.94. The van der Waals surface area contributed by atoms with Crippen LogP contribution in [0.25, 0.3) is 0 Å². The van der Waals surface area contributed by atoms with Crippen molar-refractivity contribution in [1.29, 1.82) is 0 Å². The SMILES string of the molecule is C1=NCc2cncn2C1. The molecule has 46 valence electrons. The van der Waals surface area contributed by atoms with Crippen molar-refractivity contribution in [2.45, 2.75) is 13.1 Å². The Kier molecular flexibility index (Phi) is 0.886. The van der Waals surface area contributed by atoms with Crippen molar-refractivity contribution in [3.05, 3.63) is 18.2 Å². The van der Waals surface area contributed by atoms with Gasteiger partial charge in [-0.1, -0.05) is 0 Å². The molecule has 0 spiro atoms. The molecule has 1 aliphatic heterocycles. The van der Waals surface area contributed by atoms with Crippen LogP contribution in [0.5, 0.6) is 0 Å². The first-order valence-corrected chi connectivity index (χ1v) is 2.94. The van der Waals surface area contributed by atoms with Crippen molar-refractivity contribution in [2.75, 3.05) is 0 Å². The molecule has 0 aliphatic carbocycles. The molecular weight excluding hydrogens is 114 g/mol. The highest BCUT2D eigenvalue weighted by molar-refractivity contribution is 5.58. The fourth-order valence-corrected chi connectivity index (χ4v) is 0.948. The Morgan fingerprint density at radius 2 is 2.56 bits per heavy atom. The molecule has 3 heteroatoms. The summed E-state index contributed by atoms with van der Waals surface area (Å²) in [6, 6.07) is 0. The van der Waals surface area contributed by atoms with E-state index in [1.807, 2.05) is 18.7 Å². The Balaban J connectivity index is 2.46. The molecule has 2 heterocycles. The van der Waals surface area contributed by atoms with E-state index >= 15 is 0 Å². The van der Waals surface area contributed by atoms with Crippen LogP contribution in [0.4, 0.5) is 0 Å². The predicted octanol–water partition coefficient (Wildman–Crippen LogP) is 0.467. The molecule has 0 unspecified atom stereocenters. The molecule has 3 nitrogen and oxygen atoms in total. The van der Waals surface area contributed by atoms with E-state index < -0.39 is 0 Å². The second-order valence-electron chi connectivity index (χ2n) is 2.06. The Labute approximate surface area is 53.1 Å². The first-order chi connectivity index (χ1) is 4.47. The van der Waals surface area contributed by atoms with E-state index in [1.54, 1.807) is 0 Å². The lowest BCUT2D eigenvalue weighted by Gasteiger charge is -2.05. The molecule has 1 aliphatic rings. The summed E-state index contributed by atoms with van der Waals surface area (Å²) in [6.07, 6.45) is 5.60. The number of aromatic nitrogens is 2. The number of fused-ring (bicyclic) bond motifs is 1. The van der Waals surface area contributed by atoms with Crippen molar-refractivity contribution in [3.8, 4) is 0 Å². The van der Waals surface area contributed by atoms with Gasteiger partial charge in [0.15, 0.2) is 0 Å². The molecule has 0 saturated heterocycles. The van der Waals surface area contributed by atoms with Crippen LogP contribution in [-0.4, -0.2) is 15.8 Å².